The highest BCUT2D eigenvalue weighted by Gasteiger charge is 2.41. The van der Waals surface area contributed by atoms with Crippen LogP contribution in [0.25, 0.3) is 16.8 Å². The molecule has 160 valence electrons. The molecular weight excluding hydrogens is 414 g/mol. The second-order valence-electron chi connectivity index (χ2n) is 7.49. The molecule has 2 atom stereocenters. The minimum atomic E-state index is -0.191. The molecule has 0 saturated carbocycles. The van der Waals surface area contributed by atoms with Gasteiger partial charge >= 0.3 is 0 Å². The molecule has 0 radical (unpaired) electrons. The first-order valence-corrected chi connectivity index (χ1v) is 11.1. The van der Waals surface area contributed by atoms with E-state index in [1.165, 1.54) is 11.3 Å². The summed E-state index contributed by atoms with van der Waals surface area (Å²) in [6, 6.07) is -0.0651. The van der Waals surface area contributed by atoms with Crippen molar-refractivity contribution in [2.24, 2.45) is 0 Å². The first-order chi connectivity index (χ1) is 15.1. The molecule has 1 fully saturated rings. The number of aromatic nitrogens is 5. The predicted molar refractivity (Wildman–Crippen MR) is 120 cm³/mol. The van der Waals surface area contributed by atoms with Crippen molar-refractivity contribution in [1.82, 2.24) is 24.5 Å². The van der Waals surface area contributed by atoms with Gasteiger partial charge in [-0.1, -0.05) is 6.92 Å². The summed E-state index contributed by atoms with van der Waals surface area (Å²) in [6.45, 7) is 5.04. The fraction of sp³-hybridized carbons (Fsp3) is 0.400. The first kappa shape index (κ1) is 19.8. The van der Waals surface area contributed by atoms with Crippen molar-refractivity contribution in [2.45, 2.75) is 38.8 Å². The van der Waals surface area contributed by atoms with Gasteiger partial charge in [0.2, 0.25) is 5.95 Å². The fourth-order valence-corrected chi connectivity index (χ4v) is 4.89. The van der Waals surface area contributed by atoms with Gasteiger partial charge in [0.1, 0.15) is 17.4 Å². The van der Waals surface area contributed by atoms with Crippen LogP contribution in [0, 0.1) is 10.8 Å². The van der Waals surface area contributed by atoms with Gasteiger partial charge in [0.05, 0.1) is 24.9 Å². The van der Waals surface area contributed by atoms with Crippen LogP contribution in [0.5, 0.6) is 0 Å². The number of hydrogen-bond acceptors (Lipinski definition) is 9. The number of amidine groups is 2. The van der Waals surface area contributed by atoms with Gasteiger partial charge in [-0.3, -0.25) is 20.3 Å². The predicted octanol–water partition coefficient (Wildman–Crippen LogP) is 2.95. The van der Waals surface area contributed by atoms with Crippen molar-refractivity contribution >= 4 is 34.5 Å². The van der Waals surface area contributed by atoms with E-state index in [4.69, 9.17) is 20.5 Å². The number of thiazole rings is 1. The monoisotopic (exact) mass is 437 g/mol. The summed E-state index contributed by atoms with van der Waals surface area (Å²) in [5.41, 5.74) is 0.647. The molecule has 10 nitrogen and oxygen atoms in total. The van der Waals surface area contributed by atoms with Crippen LogP contribution in [0.4, 0.5) is 11.5 Å². The van der Waals surface area contributed by atoms with Crippen molar-refractivity contribution in [3.05, 3.63) is 30.2 Å². The number of rotatable bonds is 4. The van der Waals surface area contributed by atoms with E-state index in [-0.39, 0.29) is 17.9 Å². The first-order valence-electron chi connectivity index (χ1n) is 10.2. The Morgan fingerprint density at radius 1 is 1.29 bits per heavy atom. The third-order valence-electron chi connectivity index (χ3n) is 5.62. The van der Waals surface area contributed by atoms with Gasteiger partial charge in [0, 0.05) is 30.6 Å². The van der Waals surface area contributed by atoms with E-state index < -0.39 is 0 Å². The van der Waals surface area contributed by atoms with E-state index in [0.29, 0.717) is 42.3 Å². The number of nitrogens with one attached hydrogen (secondary N) is 2. The maximum atomic E-state index is 8.81. The zero-order valence-electron chi connectivity index (χ0n) is 17.3. The lowest BCUT2D eigenvalue weighted by Gasteiger charge is -2.45. The molecule has 11 heteroatoms. The van der Waals surface area contributed by atoms with Crippen LogP contribution in [0.2, 0.25) is 0 Å². The Labute approximate surface area is 183 Å². The van der Waals surface area contributed by atoms with Crippen molar-refractivity contribution in [3.63, 3.8) is 0 Å². The van der Waals surface area contributed by atoms with E-state index in [0.717, 1.165) is 17.8 Å². The van der Waals surface area contributed by atoms with E-state index in [9.17, 15) is 0 Å². The number of anilines is 2. The van der Waals surface area contributed by atoms with Crippen LogP contribution in [0.3, 0.4) is 0 Å². The van der Waals surface area contributed by atoms with Gasteiger partial charge in [0.25, 0.3) is 0 Å². The van der Waals surface area contributed by atoms with Crippen molar-refractivity contribution in [1.29, 1.82) is 10.8 Å². The highest BCUT2D eigenvalue weighted by Crippen LogP contribution is 2.39. The maximum absolute atomic E-state index is 8.81. The zero-order valence-corrected chi connectivity index (χ0v) is 18.1. The quantitative estimate of drug-likeness (QED) is 0.475. The lowest BCUT2D eigenvalue weighted by molar-refractivity contribution is 0.192. The molecule has 2 aliphatic heterocycles. The Balaban J connectivity index is 1.67. The van der Waals surface area contributed by atoms with Crippen LogP contribution >= 0.6 is 11.3 Å². The topological polar surface area (TPSA) is 120 Å². The lowest BCUT2D eigenvalue weighted by atomic mass is 10.0. The number of nitrogens with zero attached hydrogens (tertiary/aromatic N) is 7. The molecule has 3 aromatic rings. The number of fused-ring (bicyclic) bond motifs is 1. The second-order valence-corrected chi connectivity index (χ2v) is 8.39. The summed E-state index contributed by atoms with van der Waals surface area (Å²) in [4.78, 5) is 22.2. The average molecular weight is 438 g/mol. The molecule has 31 heavy (non-hydrogen) atoms. The van der Waals surface area contributed by atoms with Gasteiger partial charge in [-0.25, -0.2) is 15.0 Å². The van der Waals surface area contributed by atoms with Crippen LogP contribution < -0.4 is 9.80 Å². The molecule has 5 rings (SSSR count). The summed E-state index contributed by atoms with van der Waals surface area (Å²) < 4.78 is 7.49. The van der Waals surface area contributed by atoms with Crippen molar-refractivity contribution in [2.75, 3.05) is 23.0 Å². The highest BCUT2D eigenvalue weighted by molar-refractivity contribution is 7.13. The van der Waals surface area contributed by atoms with Crippen LogP contribution in [0.1, 0.15) is 26.7 Å². The lowest BCUT2D eigenvalue weighted by Crippen LogP contribution is -2.58. The smallest absolute Gasteiger partial charge is 0.237 e. The Kier molecular flexibility index (Phi) is 4.98. The summed E-state index contributed by atoms with van der Waals surface area (Å²) in [5, 5.41) is 19.8. The third-order valence-corrected chi connectivity index (χ3v) is 6.39. The fourth-order valence-electron chi connectivity index (χ4n) is 4.26. The number of ether oxygens (including phenoxy) is 1. The molecule has 3 aromatic heterocycles. The number of hydrogen-bond donors (Lipinski definition) is 2. The third kappa shape index (κ3) is 3.20. The highest BCUT2D eigenvalue weighted by atomic mass is 32.1. The average Bonchev–Trinajstić information content (AvgIpc) is 3.54. The van der Waals surface area contributed by atoms with E-state index in [2.05, 4.69) is 26.8 Å². The summed E-state index contributed by atoms with van der Waals surface area (Å²) in [7, 11) is 0. The van der Waals surface area contributed by atoms with Crippen LogP contribution in [-0.2, 0) is 4.74 Å². The Bertz CT molecular complexity index is 1120. The Hall–Kier alpha value is -3.18. The van der Waals surface area contributed by atoms with E-state index in [1.807, 2.05) is 16.1 Å². The van der Waals surface area contributed by atoms with Gasteiger partial charge in [-0.15, -0.1) is 11.3 Å². The summed E-state index contributed by atoms with van der Waals surface area (Å²) in [6.07, 6.45) is 8.58. The number of imidazole rings is 1. The summed E-state index contributed by atoms with van der Waals surface area (Å²) >= 11 is 1.51. The standard InChI is InChI=1S/C20H23N9OS/c1-3-14-16(22)28(12(2)21)15-10-25-20(26-17(15)29(14)13-4-8-30-11-13)27-7-5-23-18(27)19-24-6-9-31-19/h5-7,9-10,13-14,21-22H,3-4,8,11H2,1-2H3. The zero-order chi connectivity index (χ0) is 21.5. The summed E-state index contributed by atoms with van der Waals surface area (Å²) in [5.74, 6) is 2.53. The van der Waals surface area contributed by atoms with E-state index in [1.54, 1.807) is 30.4 Å². The molecule has 5 heterocycles. The van der Waals surface area contributed by atoms with Crippen LogP contribution in [-0.4, -0.2) is 61.5 Å². The molecule has 2 unspecified atom stereocenters. The molecule has 0 amide bonds. The Morgan fingerprint density at radius 2 is 2.16 bits per heavy atom. The molecule has 0 bridgehead atoms. The van der Waals surface area contributed by atoms with E-state index >= 15 is 0 Å². The maximum Gasteiger partial charge on any atom is 0.237 e. The molecule has 2 aliphatic rings. The van der Waals surface area contributed by atoms with Crippen molar-refractivity contribution < 1.29 is 4.74 Å². The molecule has 0 aliphatic carbocycles. The van der Waals surface area contributed by atoms with Gasteiger partial charge in [-0.2, -0.15) is 4.98 Å². The minimum Gasteiger partial charge on any atom is -0.379 e. The minimum absolute atomic E-state index is 0.126. The van der Waals surface area contributed by atoms with Crippen molar-refractivity contribution in [3.8, 4) is 16.8 Å². The van der Waals surface area contributed by atoms with Gasteiger partial charge < -0.3 is 9.64 Å². The Morgan fingerprint density at radius 3 is 2.84 bits per heavy atom. The SMILES string of the molecule is CCC1C(=N)N(C(C)=N)c2cnc(-n3ccnc3-c3nccs3)nc2N1C1CCOC1. The normalized spacial score (nSPS) is 20.9. The van der Waals surface area contributed by atoms with Crippen LogP contribution in [0.15, 0.2) is 30.2 Å². The molecular formula is C20H23N9OS. The molecule has 2 N–H and O–H groups in total. The molecule has 0 spiro atoms. The molecule has 0 aromatic carbocycles. The largest absolute Gasteiger partial charge is 0.379 e. The molecule has 1 saturated heterocycles. The van der Waals surface area contributed by atoms with Gasteiger partial charge in [0.15, 0.2) is 16.6 Å². The van der Waals surface area contributed by atoms with Gasteiger partial charge in [-0.05, 0) is 19.8 Å². The second kappa shape index (κ2) is 7.82.